The highest BCUT2D eigenvalue weighted by atomic mass is 19.1. The molecule has 5 rings (SSSR count). The molecule has 2 aromatic heterocycles. The topological polar surface area (TPSA) is 51.3 Å². The number of nitrogens with zero attached hydrogens (tertiary/aromatic N) is 5. The van der Waals surface area contributed by atoms with E-state index in [0.717, 1.165) is 73.6 Å². The molecule has 0 spiro atoms. The quantitative estimate of drug-likeness (QED) is 0.645. The van der Waals surface area contributed by atoms with Crippen molar-refractivity contribution in [3.8, 4) is 0 Å². The number of hydrogen-bond acceptors (Lipinski definition) is 5. The Morgan fingerprint density at radius 1 is 0.968 bits per heavy atom. The molecule has 1 N–H and O–H groups in total. The first-order chi connectivity index (χ1) is 15.0. The van der Waals surface area contributed by atoms with E-state index in [1.54, 1.807) is 0 Å². The smallest absolute Gasteiger partial charge is 0.213 e. The minimum atomic E-state index is -0.406. The van der Waals surface area contributed by atoms with Gasteiger partial charge in [0.15, 0.2) is 0 Å². The normalized spacial score (nSPS) is 23.5. The van der Waals surface area contributed by atoms with Crippen molar-refractivity contribution < 1.29 is 4.39 Å². The summed E-state index contributed by atoms with van der Waals surface area (Å²) in [6.07, 6.45) is 3.09. The Morgan fingerprint density at radius 2 is 1.74 bits per heavy atom. The van der Waals surface area contributed by atoms with Crippen molar-refractivity contribution in [1.29, 1.82) is 0 Å². The van der Waals surface area contributed by atoms with Gasteiger partial charge in [-0.1, -0.05) is 12.1 Å². The van der Waals surface area contributed by atoms with Crippen LogP contribution in [0.5, 0.6) is 0 Å². The largest absolute Gasteiger partial charge is 0.367 e. The van der Waals surface area contributed by atoms with Gasteiger partial charge in [0.05, 0.1) is 29.0 Å². The number of anilines is 1. The van der Waals surface area contributed by atoms with Crippen LogP contribution in [0.3, 0.4) is 0 Å². The van der Waals surface area contributed by atoms with E-state index in [4.69, 9.17) is 4.98 Å². The predicted octanol–water partition coefficient (Wildman–Crippen LogP) is 4.06. The lowest BCUT2D eigenvalue weighted by atomic mass is 9.92. The van der Waals surface area contributed by atoms with Crippen molar-refractivity contribution in [3.05, 3.63) is 53.4 Å². The van der Waals surface area contributed by atoms with Crippen molar-refractivity contribution in [3.63, 3.8) is 0 Å². The lowest BCUT2D eigenvalue weighted by Crippen LogP contribution is -2.44. The van der Waals surface area contributed by atoms with Crippen LogP contribution in [0.4, 0.5) is 10.1 Å². The summed E-state index contributed by atoms with van der Waals surface area (Å²) < 4.78 is 13.9. The van der Waals surface area contributed by atoms with E-state index in [2.05, 4.69) is 57.0 Å². The number of fused-ring (bicyclic) bond motifs is 1. The maximum absolute atomic E-state index is 13.9. The molecule has 2 aliphatic heterocycles. The lowest BCUT2D eigenvalue weighted by Gasteiger charge is -2.38. The number of aryl methyl sites for hydroxylation is 1. The minimum absolute atomic E-state index is 0.0970. The van der Waals surface area contributed by atoms with E-state index in [0.29, 0.717) is 0 Å². The zero-order chi connectivity index (χ0) is 21.5. The highest BCUT2D eigenvalue weighted by Gasteiger charge is 2.33. The molecule has 6 nitrogen and oxygen atoms in total. The molecule has 0 amide bonds. The zero-order valence-corrected chi connectivity index (χ0v) is 18.6. The molecule has 2 saturated heterocycles. The average molecular weight is 423 g/mol. The van der Waals surface area contributed by atoms with Crippen molar-refractivity contribution in [2.24, 2.45) is 0 Å². The summed E-state index contributed by atoms with van der Waals surface area (Å²) >= 11 is 0. The molecule has 1 aromatic carbocycles. The number of rotatable bonds is 3. The molecule has 2 aliphatic rings. The first kappa shape index (κ1) is 20.4. The monoisotopic (exact) mass is 422 g/mol. The maximum Gasteiger partial charge on any atom is 0.213 e. The van der Waals surface area contributed by atoms with E-state index in [-0.39, 0.29) is 12.1 Å². The summed E-state index contributed by atoms with van der Waals surface area (Å²) in [5, 5.41) is 0. The van der Waals surface area contributed by atoms with E-state index in [9.17, 15) is 4.39 Å². The highest BCUT2D eigenvalue weighted by molar-refractivity contribution is 5.89. The lowest BCUT2D eigenvalue weighted by molar-refractivity contribution is 0.106. The van der Waals surface area contributed by atoms with Crippen molar-refractivity contribution in [1.82, 2.24) is 24.8 Å². The molecule has 2 fully saturated rings. The number of halogens is 1. The van der Waals surface area contributed by atoms with Gasteiger partial charge in [-0.05, 0) is 64.0 Å². The van der Waals surface area contributed by atoms with Crippen LogP contribution in [-0.4, -0.2) is 65.0 Å². The highest BCUT2D eigenvalue weighted by Crippen LogP contribution is 2.40. The molecule has 0 unspecified atom stereocenters. The molecule has 4 heterocycles. The maximum atomic E-state index is 13.9. The van der Waals surface area contributed by atoms with Crippen molar-refractivity contribution >= 4 is 16.7 Å². The molecule has 0 saturated carbocycles. The third-order valence-electron chi connectivity index (χ3n) is 7.03. The SMILES string of the molecule is Cc1ccc(F)nc1[C@@H]1CCC[C@H](c2nc3c(N4CCN(C)CC4)cccc3[nH]2)N1C. The second-order valence-corrected chi connectivity index (χ2v) is 9.05. The molecule has 0 aliphatic carbocycles. The fraction of sp³-hybridized carbons (Fsp3) is 0.500. The Morgan fingerprint density at radius 3 is 2.55 bits per heavy atom. The number of nitrogens with one attached hydrogen (secondary N) is 1. The second-order valence-electron chi connectivity index (χ2n) is 9.05. The minimum Gasteiger partial charge on any atom is -0.367 e. The Labute approximate surface area is 183 Å². The van der Waals surface area contributed by atoms with Crippen LogP contribution in [0, 0.1) is 12.9 Å². The fourth-order valence-corrected chi connectivity index (χ4v) is 5.14. The van der Waals surface area contributed by atoms with Crippen molar-refractivity contribution in [2.45, 2.75) is 38.3 Å². The van der Waals surface area contributed by atoms with E-state index in [1.807, 2.05) is 13.0 Å². The summed E-state index contributed by atoms with van der Waals surface area (Å²) in [5.41, 5.74) is 5.24. The van der Waals surface area contributed by atoms with Gasteiger partial charge in [0.1, 0.15) is 11.3 Å². The summed E-state index contributed by atoms with van der Waals surface area (Å²) in [4.78, 5) is 20.1. The number of H-pyrrole nitrogens is 1. The van der Waals surface area contributed by atoms with Crippen LogP contribution in [0.15, 0.2) is 30.3 Å². The zero-order valence-electron chi connectivity index (χ0n) is 18.6. The van der Waals surface area contributed by atoms with Gasteiger partial charge in [-0.25, -0.2) is 9.97 Å². The van der Waals surface area contributed by atoms with Crippen LogP contribution in [0.25, 0.3) is 11.0 Å². The van der Waals surface area contributed by atoms with E-state index < -0.39 is 5.95 Å². The summed E-state index contributed by atoms with van der Waals surface area (Å²) in [6.45, 7) is 6.20. The Kier molecular flexibility index (Phi) is 5.40. The molecule has 164 valence electrons. The van der Waals surface area contributed by atoms with E-state index >= 15 is 0 Å². The number of benzene rings is 1. The molecule has 3 aromatic rings. The molecule has 2 atom stereocenters. The van der Waals surface area contributed by atoms with Crippen LogP contribution >= 0.6 is 0 Å². The molecular formula is C24H31FN6. The number of pyridine rings is 1. The van der Waals surface area contributed by atoms with Crippen LogP contribution < -0.4 is 4.90 Å². The summed E-state index contributed by atoms with van der Waals surface area (Å²) in [7, 11) is 4.30. The van der Waals surface area contributed by atoms with E-state index in [1.165, 1.54) is 11.8 Å². The van der Waals surface area contributed by atoms with Crippen molar-refractivity contribution in [2.75, 3.05) is 45.2 Å². The van der Waals surface area contributed by atoms with Gasteiger partial charge in [0.25, 0.3) is 0 Å². The molecule has 31 heavy (non-hydrogen) atoms. The van der Waals surface area contributed by atoms with Gasteiger partial charge in [-0.2, -0.15) is 4.39 Å². The molecule has 7 heteroatoms. The molecule has 0 radical (unpaired) electrons. The number of aromatic nitrogens is 3. The van der Waals surface area contributed by atoms with Crippen LogP contribution in [0.1, 0.15) is 48.4 Å². The Bertz CT molecular complexity index is 1070. The Hall–Kier alpha value is -2.51. The van der Waals surface area contributed by atoms with Gasteiger partial charge in [0, 0.05) is 26.2 Å². The number of imidazole rings is 1. The number of likely N-dealkylation sites (tertiary alicyclic amines) is 1. The molecule has 0 bridgehead atoms. The predicted molar refractivity (Wildman–Crippen MR) is 122 cm³/mol. The first-order valence-electron chi connectivity index (χ1n) is 11.3. The standard InChI is InChI=1S/C24H31FN6/c1-16-10-11-21(25)27-22(16)18-7-5-9-20(30(18)3)24-26-17-6-4-8-19(23(17)28-24)31-14-12-29(2)13-15-31/h4,6,8,10-11,18,20H,5,7,9,12-15H2,1-3H3,(H,26,28)/t18-,20+/m0/s1. The van der Waals surface area contributed by atoms with Gasteiger partial charge < -0.3 is 14.8 Å². The number of hydrogen-bond donors (Lipinski definition) is 1. The van der Waals surface area contributed by atoms with Gasteiger partial charge >= 0.3 is 0 Å². The Balaban J connectivity index is 1.46. The summed E-state index contributed by atoms with van der Waals surface area (Å²) in [5.74, 6) is 0.592. The summed E-state index contributed by atoms with van der Waals surface area (Å²) in [6, 6.07) is 9.95. The van der Waals surface area contributed by atoms with Gasteiger partial charge in [-0.3, -0.25) is 4.90 Å². The van der Waals surface area contributed by atoms with Gasteiger partial charge in [-0.15, -0.1) is 0 Å². The first-order valence-corrected chi connectivity index (χ1v) is 11.3. The number of aromatic amines is 1. The number of likely N-dealkylation sites (N-methyl/N-ethyl adjacent to an activating group) is 1. The van der Waals surface area contributed by atoms with Crippen LogP contribution in [0.2, 0.25) is 0 Å². The number of para-hydroxylation sites is 1. The number of piperidine rings is 1. The van der Waals surface area contributed by atoms with Crippen LogP contribution in [-0.2, 0) is 0 Å². The molecular weight excluding hydrogens is 391 g/mol. The number of piperazine rings is 1. The third-order valence-corrected chi connectivity index (χ3v) is 7.03. The second kappa shape index (κ2) is 8.20. The van der Waals surface area contributed by atoms with Gasteiger partial charge in [0.2, 0.25) is 5.95 Å². The average Bonchev–Trinajstić information content (AvgIpc) is 3.20. The third kappa shape index (κ3) is 3.81. The fourth-order valence-electron chi connectivity index (χ4n) is 5.14.